The van der Waals surface area contributed by atoms with Gasteiger partial charge in [-0.15, -0.1) is 0 Å². The zero-order chi connectivity index (χ0) is 13.7. The van der Waals surface area contributed by atoms with Gasteiger partial charge in [0.2, 0.25) is 0 Å². The Morgan fingerprint density at radius 1 is 1.17 bits per heavy atom. The molecule has 0 saturated carbocycles. The van der Waals surface area contributed by atoms with Gasteiger partial charge in [-0.25, -0.2) is 0 Å². The predicted octanol–water partition coefficient (Wildman–Crippen LogP) is 0.682. The van der Waals surface area contributed by atoms with E-state index in [4.69, 9.17) is 0 Å². The quantitative estimate of drug-likeness (QED) is 0.655. The van der Waals surface area contributed by atoms with Crippen LogP contribution in [0.5, 0.6) is 0 Å². The van der Waals surface area contributed by atoms with E-state index in [9.17, 15) is 14.4 Å². The molecule has 0 aromatic carbocycles. The number of piperazine rings is 1. The zero-order valence-electron chi connectivity index (χ0n) is 11.4. The fraction of sp³-hybridized carbons (Fsp3) is 0.769. The number of nitrogens with zero attached hydrogens (tertiary/aromatic N) is 2. The molecule has 1 fully saturated rings. The van der Waals surface area contributed by atoms with Crippen LogP contribution < -0.4 is 0 Å². The molecule has 0 aromatic heterocycles. The first-order valence-electron chi connectivity index (χ1n) is 6.62. The van der Waals surface area contributed by atoms with E-state index in [1.54, 1.807) is 4.90 Å². The minimum Gasteiger partial charge on any atom is -0.333 e. The van der Waals surface area contributed by atoms with Crippen molar-refractivity contribution < 1.29 is 14.4 Å². The summed E-state index contributed by atoms with van der Waals surface area (Å²) in [4.78, 5) is 38.3. The first-order valence-corrected chi connectivity index (χ1v) is 6.62. The number of hydrogen-bond donors (Lipinski definition) is 0. The third-order valence-corrected chi connectivity index (χ3v) is 3.40. The van der Waals surface area contributed by atoms with Crippen LogP contribution in [0.15, 0.2) is 0 Å². The Balaban J connectivity index is 2.58. The highest BCUT2D eigenvalue weighted by Crippen LogP contribution is 2.09. The molecule has 0 radical (unpaired) electrons. The van der Waals surface area contributed by atoms with Crippen LogP contribution in [0.1, 0.15) is 33.6 Å². The van der Waals surface area contributed by atoms with Crippen LogP contribution in [0.4, 0.5) is 0 Å². The Morgan fingerprint density at radius 2 is 1.72 bits per heavy atom. The molecule has 1 rings (SSSR count). The number of rotatable bonds is 6. The average molecular weight is 254 g/mol. The smallest absolute Gasteiger partial charge is 0.312 e. The average Bonchev–Trinajstić information content (AvgIpc) is 2.37. The number of amides is 2. The lowest BCUT2D eigenvalue weighted by molar-refractivity contribution is -0.157. The van der Waals surface area contributed by atoms with Crippen molar-refractivity contribution in [2.24, 2.45) is 5.92 Å². The predicted molar refractivity (Wildman–Crippen MR) is 67.9 cm³/mol. The Bertz CT molecular complexity index is 341. The number of carbonyl (C=O) groups excluding carboxylic acids is 3. The van der Waals surface area contributed by atoms with Gasteiger partial charge in [0.1, 0.15) is 0 Å². The SMILES string of the molecule is CCCN1CCN(CC(=O)C(C)CC)C(=O)C1=O. The van der Waals surface area contributed by atoms with Crippen LogP contribution in [-0.4, -0.2) is 53.6 Å². The fourth-order valence-electron chi connectivity index (χ4n) is 1.92. The minimum atomic E-state index is -0.536. The summed E-state index contributed by atoms with van der Waals surface area (Å²) in [6.45, 7) is 7.43. The molecular weight excluding hydrogens is 232 g/mol. The molecule has 5 nitrogen and oxygen atoms in total. The second-order valence-electron chi connectivity index (χ2n) is 4.79. The Kier molecular flexibility index (Phi) is 5.31. The van der Waals surface area contributed by atoms with E-state index in [1.165, 1.54) is 4.90 Å². The first-order chi connectivity index (χ1) is 8.51. The van der Waals surface area contributed by atoms with Gasteiger partial charge in [0, 0.05) is 25.6 Å². The minimum absolute atomic E-state index is 0.0302. The van der Waals surface area contributed by atoms with E-state index in [1.807, 2.05) is 20.8 Å². The van der Waals surface area contributed by atoms with Crippen molar-refractivity contribution in [2.45, 2.75) is 33.6 Å². The van der Waals surface area contributed by atoms with E-state index in [-0.39, 0.29) is 18.2 Å². The first kappa shape index (κ1) is 14.7. The number of carbonyl (C=O) groups is 3. The summed E-state index contributed by atoms with van der Waals surface area (Å²) >= 11 is 0. The van der Waals surface area contributed by atoms with E-state index >= 15 is 0 Å². The maximum atomic E-state index is 11.8. The molecule has 0 aromatic rings. The van der Waals surface area contributed by atoms with E-state index in [0.29, 0.717) is 19.6 Å². The van der Waals surface area contributed by atoms with Gasteiger partial charge in [-0.2, -0.15) is 0 Å². The number of Topliss-reactive ketones (excluding diaryl/α,β-unsaturated/α-hetero) is 1. The fourth-order valence-corrected chi connectivity index (χ4v) is 1.92. The van der Waals surface area contributed by atoms with Crippen molar-refractivity contribution in [1.29, 1.82) is 0 Å². The summed E-state index contributed by atoms with van der Waals surface area (Å²) in [5.41, 5.74) is 0. The maximum absolute atomic E-state index is 11.8. The van der Waals surface area contributed by atoms with Crippen molar-refractivity contribution in [3.8, 4) is 0 Å². The van der Waals surface area contributed by atoms with Gasteiger partial charge in [0.15, 0.2) is 5.78 Å². The van der Waals surface area contributed by atoms with Gasteiger partial charge < -0.3 is 9.80 Å². The number of hydrogen-bond acceptors (Lipinski definition) is 3. The molecule has 1 heterocycles. The van der Waals surface area contributed by atoms with Crippen molar-refractivity contribution in [3.63, 3.8) is 0 Å². The van der Waals surface area contributed by atoms with Crippen LogP contribution >= 0.6 is 0 Å². The molecule has 1 unspecified atom stereocenters. The lowest BCUT2D eigenvalue weighted by Crippen LogP contribution is -2.55. The molecule has 1 aliphatic rings. The summed E-state index contributed by atoms with van der Waals surface area (Å²) in [5.74, 6) is -1.03. The van der Waals surface area contributed by atoms with Crippen LogP contribution in [-0.2, 0) is 14.4 Å². The molecule has 1 aliphatic heterocycles. The largest absolute Gasteiger partial charge is 0.333 e. The summed E-state index contributed by atoms with van der Waals surface area (Å²) in [7, 11) is 0. The lowest BCUT2D eigenvalue weighted by atomic mass is 10.0. The summed E-state index contributed by atoms with van der Waals surface area (Å²) < 4.78 is 0. The molecule has 1 saturated heterocycles. The Labute approximate surface area is 108 Å². The maximum Gasteiger partial charge on any atom is 0.312 e. The van der Waals surface area contributed by atoms with Crippen molar-refractivity contribution in [1.82, 2.24) is 9.80 Å². The van der Waals surface area contributed by atoms with Crippen molar-refractivity contribution in [3.05, 3.63) is 0 Å². The van der Waals surface area contributed by atoms with Gasteiger partial charge in [0.25, 0.3) is 0 Å². The van der Waals surface area contributed by atoms with Gasteiger partial charge in [-0.1, -0.05) is 20.8 Å². The highest BCUT2D eigenvalue weighted by Gasteiger charge is 2.33. The van der Waals surface area contributed by atoms with Gasteiger partial charge >= 0.3 is 11.8 Å². The molecular formula is C13H22N2O3. The molecule has 5 heteroatoms. The standard InChI is InChI=1S/C13H22N2O3/c1-4-6-14-7-8-15(13(18)12(14)17)9-11(16)10(3)5-2/h10H,4-9H2,1-3H3. The van der Waals surface area contributed by atoms with Gasteiger partial charge in [0.05, 0.1) is 6.54 Å². The second-order valence-corrected chi connectivity index (χ2v) is 4.79. The highest BCUT2D eigenvalue weighted by molar-refractivity contribution is 6.35. The van der Waals surface area contributed by atoms with Crippen LogP contribution in [0.2, 0.25) is 0 Å². The molecule has 2 amide bonds. The molecule has 0 N–H and O–H groups in total. The lowest BCUT2D eigenvalue weighted by Gasteiger charge is -2.33. The Hall–Kier alpha value is -1.39. The molecule has 18 heavy (non-hydrogen) atoms. The highest BCUT2D eigenvalue weighted by atomic mass is 16.2. The third-order valence-electron chi connectivity index (χ3n) is 3.40. The molecule has 0 bridgehead atoms. The van der Waals surface area contributed by atoms with Crippen molar-refractivity contribution in [2.75, 3.05) is 26.2 Å². The van der Waals surface area contributed by atoms with Crippen LogP contribution in [0, 0.1) is 5.92 Å². The van der Waals surface area contributed by atoms with E-state index < -0.39 is 11.8 Å². The molecule has 102 valence electrons. The van der Waals surface area contributed by atoms with Crippen LogP contribution in [0.25, 0.3) is 0 Å². The molecule has 1 atom stereocenters. The number of ketones is 1. The zero-order valence-corrected chi connectivity index (χ0v) is 11.4. The normalized spacial score (nSPS) is 18.2. The Morgan fingerprint density at radius 3 is 2.28 bits per heavy atom. The van der Waals surface area contributed by atoms with E-state index in [2.05, 4.69) is 0 Å². The van der Waals surface area contributed by atoms with Gasteiger partial charge in [-0.3, -0.25) is 14.4 Å². The van der Waals surface area contributed by atoms with Gasteiger partial charge in [-0.05, 0) is 12.8 Å². The summed E-state index contributed by atoms with van der Waals surface area (Å²) in [5, 5.41) is 0. The second kappa shape index (κ2) is 6.52. The van der Waals surface area contributed by atoms with E-state index in [0.717, 1.165) is 12.8 Å². The topological polar surface area (TPSA) is 57.7 Å². The third kappa shape index (κ3) is 3.31. The monoisotopic (exact) mass is 254 g/mol. The van der Waals surface area contributed by atoms with Crippen LogP contribution in [0.3, 0.4) is 0 Å². The molecule has 0 aliphatic carbocycles. The summed E-state index contributed by atoms with van der Waals surface area (Å²) in [6, 6.07) is 0. The summed E-state index contributed by atoms with van der Waals surface area (Å²) in [6.07, 6.45) is 1.60. The van der Waals surface area contributed by atoms with Crippen molar-refractivity contribution >= 4 is 17.6 Å². The molecule has 0 spiro atoms.